The number of hydrogen-bond acceptors (Lipinski definition) is 4. The van der Waals surface area contributed by atoms with Gasteiger partial charge in [0.2, 0.25) is 5.76 Å². The zero-order chi connectivity index (χ0) is 12.5. The lowest BCUT2D eigenvalue weighted by molar-refractivity contribution is -0.149. The Morgan fingerprint density at radius 3 is 2.41 bits per heavy atom. The number of cyclic esters (lactones) is 1. The molecule has 0 spiro atoms. The maximum absolute atomic E-state index is 11.1. The van der Waals surface area contributed by atoms with Crippen LogP contribution in [-0.4, -0.2) is 21.8 Å². The highest BCUT2D eigenvalue weighted by Gasteiger charge is 2.44. The molecule has 0 saturated carbocycles. The van der Waals surface area contributed by atoms with Crippen molar-refractivity contribution in [1.29, 1.82) is 0 Å². The van der Waals surface area contributed by atoms with E-state index in [1.54, 1.807) is 6.92 Å². The number of carbonyl (C=O) groups excluding carboxylic acids is 1. The van der Waals surface area contributed by atoms with Crippen LogP contribution in [0.15, 0.2) is 41.9 Å². The molecular formula is C13H14O4. The van der Waals surface area contributed by atoms with Crippen LogP contribution >= 0.6 is 0 Å². The molecular weight excluding hydrogens is 220 g/mol. The number of esters is 1. The first-order chi connectivity index (χ1) is 8.03. The summed E-state index contributed by atoms with van der Waals surface area (Å²) in [5.74, 6) is -1.92. The summed E-state index contributed by atoms with van der Waals surface area (Å²) in [6, 6.07) is 9.68. The van der Waals surface area contributed by atoms with E-state index in [2.05, 4.69) is 0 Å². The Labute approximate surface area is 99.2 Å². The van der Waals surface area contributed by atoms with Gasteiger partial charge in [-0.2, -0.15) is 0 Å². The summed E-state index contributed by atoms with van der Waals surface area (Å²) < 4.78 is 4.98. The first-order valence-electron chi connectivity index (χ1n) is 5.43. The van der Waals surface area contributed by atoms with Crippen molar-refractivity contribution in [2.75, 3.05) is 0 Å². The van der Waals surface area contributed by atoms with Gasteiger partial charge in [0.15, 0.2) is 11.4 Å². The van der Waals surface area contributed by atoms with E-state index in [1.165, 1.54) is 0 Å². The summed E-state index contributed by atoms with van der Waals surface area (Å²) in [5, 5.41) is 18.9. The third kappa shape index (κ3) is 2.11. The van der Waals surface area contributed by atoms with E-state index in [4.69, 9.17) is 4.74 Å². The minimum Gasteiger partial charge on any atom is -0.505 e. The van der Waals surface area contributed by atoms with Crippen molar-refractivity contribution in [3.05, 3.63) is 47.4 Å². The quantitative estimate of drug-likeness (QED) is 0.787. The average Bonchev–Trinajstić information content (AvgIpc) is 2.53. The zero-order valence-corrected chi connectivity index (χ0v) is 9.51. The summed E-state index contributed by atoms with van der Waals surface area (Å²) in [7, 11) is 0. The number of ether oxygens (including phenoxy) is 1. The Balaban J connectivity index is 2.08. The molecule has 1 aliphatic rings. The Bertz CT molecular complexity index is 464. The van der Waals surface area contributed by atoms with Crippen LogP contribution in [0.5, 0.6) is 0 Å². The van der Waals surface area contributed by atoms with Gasteiger partial charge in [-0.05, 0) is 25.3 Å². The summed E-state index contributed by atoms with van der Waals surface area (Å²) in [6.45, 7) is 1.59. The molecule has 0 aromatic heterocycles. The van der Waals surface area contributed by atoms with Crippen molar-refractivity contribution < 1.29 is 19.7 Å². The van der Waals surface area contributed by atoms with Crippen LogP contribution in [0.2, 0.25) is 0 Å². The van der Waals surface area contributed by atoms with Gasteiger partial charge in [0.05, 0.1) is 0 Å². The van der Waals surface area contributed by atoms with E-state index >= 15 is 0 Å². The van der Waals surface area contributed by atoms with Crippen LogP contribution < -0.4 is 0 Å². The highest BCUT2D eigenvalue weighted by Crippen LogP contribution is 2.33. The van der Waals surface area contributed by atoms with Crippen LogP contribution in [-0.2, 0) is 16.0 Å². The number of benzene rings is 1. The smallest absolute Gasteiger partial charge is 0.378 e. The predicted molar refractivity (Wildman–Crippen MR) is 61.5 cm³/mol. The van der Waals surface area contributed by atoms with E-state index in [9.17, 15) is 15.0 Å². The van der Waals surface area contributed by atoms with Crippen LogP contribution in [0.25, 0.3) is 0 Å². The Hall–Kier alpha value is -1.97. The van der Waals surface area contributed by atoms with Gasteiger partial charge in [-0.3, -0.25) is 0 Å². The molecule has 1 aromatic carbocycles. The second kappa shape index (κ2) is 4.13. The van der Waals surface area contributed by atoms with Gasteiger partial charge in [0, 0.05) is 0 Å². The van der Waals surface area contributed by atoms with Crippen LogP contribution in [0, 0.1) is 0 Å². The summed E-state index contributed by atoms with van der Waals surface area (Å²) in [6.07, 6.45) is 1.08. The van der Waals surface area contributed by atoms with Gasteiger partial charge >= 0.3 is 5.97 Å². The molecule has 1 aromatic rings. The molecule has 1 aliphatic heterocycles. The summed E-state index contributed by atoms with van der Waals surface area (Å²) in [5.41, 5.74) is -0.0271. The Morgan fingerprint density at radius 2 is 1.88 bits per heavy atom. The monoisotopic (exact) mass is 234 g/mol. The maximum atomic E-state index is 11.1. The molecule has 2 N–H and O–H groups in total. The van der Waals surface area contributed by atoms with Crippen LogP contribution in [0.3, 0.4) is 0 Å². The van der Waals surface area contributed by atoms with E-state index in [-0.39, 0.29) is 5.76 Å². The largest absolute Gasteiger partial charge is 0.505 e. The van der Waals surface area contributed by atoms with Crippen LogP contribution in [0.1, 0.15) is 18.9 Å². The Kier molecular flexibility index (Phi) is 2.79. The minimum atomic E-state index is -1.11. The number of hydrogen-bond donors (Lipinski definition) is 2. The van der Waals surface area contributed by atoms with Crippen molar-refractivity contribution in [2.24, 2.45) is 0 Å². The second-order valence-corrected chi connectivity index (χ2v) is 4.30. The zero-order valence-electron chi connectivity index (χ0n) is 9.51. The fraction of sp³-hybridized carbons (Fsp3) is 0.308. The summed E-state index contributed by atoms with van der Waals surface area (Å²) in [4.78, 5) is 11.1. The Morgan fingerprint density at radius 1 is 1.24 bits per heavy atom. The molecule has 0 aliphatic carbocycles. The first-order valence-corrected chi connectivity index (χ1v) is 5.43. The highest BCUT2D eigenvalue weighted by molar-refractivity contribution is 5.89. The van der Waals surface area contributed by atoms with Crippen molar-refractivity contribution >= 4 is 5.97 Å². The fourth-order valence-electron chi connectivity index (χ4n) is 1.85. The van der Waals surface area contributed by atoms with E-state index in [0.717, 1.165) is 5.56 Å². The van der Waals surface area contributed by atoms with Gasteiger partial charge in [0.1, 0.15) is 0 Å². The summed E-state index contributed by atoms with van der Waals surface area (Å²) >= 11 is 0. The van der Waals surface area contributed by atoms with Crippen molar-refractivity contribution in [1.82, 2.24) is 0 Å². The molecule has 1 heterocycles. The second-order valence-electron chi connectivity index (χ2n) is 4.30. The average molecular weight is 234 g/mol. The van der Waals surface area contributed by atoms with E-state index in [1.807, 2.05) is 30.3 Å². The van der Waals surface area contributed by atoms with Gasteiger partial charge in [-0.25, -0.2) is 4.79 Å². The number of aliphatic hydroxyl groups is 2. The normalized spacial score (nSPS) is 23.9. The molecule has 0 bridgehead atoms. The molecule has 4 heteroatoms. The third-order valence-electron chi connectivity index (χ3n) is 2.97. The number of aryl methyl sites for hydroxylation is 1. The molecule has 1 atom stereocenters. The van der Waals surface area contributed by atoms with Crippen molar-refractivity contribution in [3.8, 4) is 0 Å². The van der Waals surface area contributed by atoms with Gasteiger partial charge in [-0.1, -0.05) is 30.3 Å². The van der Waals surface area contributed by atoms with Crippen molar-refractivity contribution in [2.45, 2.75) is 25.4 Å². The number of carbonyl (C=O) groups is 1. The van der Waals surface area contributed by atoms with E-state index < -0.39 is 17.3 Å². The standard InChI is InChI=1S/C13H14O4/c1-13(11(15)10(14)12(16)17-13)8-7-9-5-3-2-4-6-9/h2-6,14-15H,7-8H2,1H3/t13-/m0/s1. The van der Waals surface area contributed by atoms with E-state index in [0.29, 0.717) is 12.8 Å². The number of rotatable bonds is 3. The van der Waals surface area contributed by atoms with Gasteiger partial charge < -0.3 is 14.9 Å². The van der Waals surface area contributed by atoms with Crippen LogP contribution in [0.4, 0.5) is 0 Å². The molecule has 0 unspecified atom stereocenters. The lowest BCUT2D eigenvalue weighted by atomic mass is 9.95. The lowest BCUT2D eigenvalue weighted by Gasteiger charge is -2.22. The molecule has 17 heavy (non-hydrogen) atoms. The highest BCUT2D eigenvalue weighted by atomic mass is 16.6. The van der Waals surface area contributed by atoms with Gasteiger partial charge in [-0.15, -0.1) is 0 Å². The fourth-order valence-corrected chi connectivity index (χ4v) is 1.85. The molecule has 0 amide bonds. The van der Waals surface area contributed by atoms with Crippen molar-refractivity contribution in [3.63, 3.8) is 0 Å². The first kappa shape index (κ1) is 11.5. The molecule has 4 nitrogen and oxygen atoms in total. The topological polar surface area (TPSA) is 66.8 Å². The van der Waals surface area contributed by atoms with Gasteiger partial charge in [0.25, 0.3) is 0 Å². The maximum Gasteiger partial charge on any atom is 0.378 e. The molecule has 2 rings (SSSR count). The predicted octanol–water partition coefficient (Wildman–Crippen LogP) is 2.26. The molecule has 0 fully saturated rings. The molecule has 90 valence electrons. The SMILES string of the molecule is C[C@@]1(CCc2ccccc2)OC(=O)C(O)=C1O. The third-order valence-corrected chi connectivity index (χ3v) is 2.97. The minimum absolute atomic E-state index is 0.376. The molecule has 0 saturated heterocycles. The number of aliphatic hydroxyl groups excluding tert-OH is 2. The molecule has 0 radical (unpaired) electrons. The lowest BCUT2D eigenvalue weighted by Crippen LogP contribution is -2.28.